The zero-order valence-corrected chi connectivity index (χ0v) is 21.6. The molecule has 198 valence electrons. The minimum absolute atomic E-state index is 0.0773. The molecule has 2 aromatic carbocycles. The Morgan fingerprint density at radius 2 is 1.76 bits per heavy atom. The number of phenolic OH excluding ortho intramolecular Hbond substituents is 1. The van der Waals surface area contributed by atoms with E-state index in [1.54, 1.807) is 29.2 Å². The van der Waals surface area contributed by atoms with Gasteiger partial charge in [0.25, 0.3) is 0 Å². The van der Waals surface area contributed by atoms with Gasteiger partial charge in [0.15, 0.2) is 0 Å². The molecule has 2 heterocycles. The quantitative estimate of drug-likeness (QED) is 0.356. The Hall–Kier alpha value is -3.46. The summed E-state index contributed by atoms with van der Waals surface area (Å²) in [5.74, 6) is -1.63. The number of unbranched alkanes of at least 4 members (excludes halogenated alkanes) is 1. The maximum Gasteiger partial charge on any atom is 0.246 e. The molecule has 3 N–H and O–H groups in total. The van der Waals surface area contributed by atoms with Crippen LogP contribution in [0.15, 0.2) is 48.5 Å². The van der Waals surface area contributed by atoms with Crippen molar-refractivity contribution in [3.8, 4) is 5.75 Å². The van der Waals surface area contributed by atoms with Crippen molar-refractivity contribution in [2.24, 2.45) is 5.92 Å². The van der Waals surface area contributed by atoms with E-state index in [4.69, 9.17) is 0 Å². The number of benzene rings is 2. The predicted molar refractivity (Wildman–Crippen MR) is 137 cm³/mol. The molecule has 4 rings (SSSR count). The highest BCUT2D eigenvalue weighted by Crippen LogP contribution is 2.43. The number of quaternary nitrogens is 1. The first-order chi connectivity index (χ1) is 17.5. The minimum atomic E-state index is -0.740. The van der Waals surface area contributed by atoms with Crippen LogP contribution in [0, 0.1) is 11.7 Å². The first-order valence-corrected chi connectivity index (χ1v) is 12.8. The van der Waals surface area contributed by atoms with Crippen molar-refractivity contribution in [3.05, 3.63) is 65.5 Å². The van der Waals surface area contributed by atoms with Gasteiger partial charge in [-0.25, -0.2) is 4.39 Å². The molecule has 0 aliphatic carbocycles. The average Bonchev–Trinajstić information content (AvgIpc) is 3.26. The molecular formula is C28H36FN4O4+. The Kier molecular flexibility index (Phi) is 7.82. The summed E-state index contributed by atoms with van der Waals surface area (Å²) in [6.45, 7) is 1.17. The molecule has 2 saturated heterocycles. The Balaban J connectivity index is 1.53. The number of piperazine rings is 1. The smallest absolute Gasteiger partial charge is 0.246 e. The lowest BCUT2D eigenvalue weighted by atomic mass is 9.92. The van der Waals surface area contributed by atoms with E-state index in [2.05, 4.69) is 31.8 Å². The molecule has 3 amide bonds. The van der Waals surface area contributed by atoms with Crippen molar-refractivity contribution in [2.45, 2.75) is 50.4 Å². The largest absolute Gasteiger partial charge is 0.508 e. The van der Waals surface area contributed by atoms with Gasteiger partial charge in [0.1, 0.15) is 23.7 Å². The molecule has 0 radical (unpaired) electrons. The molecule has 2 aliphatic rings. The molecule has 4 atom stereocenters. The number of carbonyl (C=O) groups excluding carboxylic acids is 3. The van der Waals surface area contributed by atoms with Crippen LogP contribution in [0.2, 0.25) is 0 Å². The first-order valence-electron chi connectivity index (χ1n) is 12.8. The van der Waals surface area contributed by atoms with E-state index >= 15 is 0 Å². The van der Waals surface area contributed by atoms with Crippen molar-refractivity contribution >= 4 is 17.7 Å². The van der Waals surface area contributed by atoms with Gasteiger partial charge in [-0.15, -0.1) is 0 Å². The molecule has 37 heavy (non-hydrogen) atoms. The second kappa shape index (κ2) is 10.9. The third kappa shape index (κ3) is 6.28. The minimum Gasteiger partial charge on any atom is -0.508 e. The normalized spacial score (nSPS) is 23.5. The number of amides is 3. The Bertz CT molecular complexity index is 1130. The third-order valence-corrected chi connectivity index (χ3v) is 7.19. The Morgan fingerprint density at radius 3 is 2.41 bits per heavy atom. The van der Waals surface area contributed by atoms with Gasteiger partial charge in [0.2, 0.25) is 17.7 Å². The van der Waals surface area contributed by atoms with Crippen LogP contribution in [0.3, 0.4) is 0 Å². The van der Waals surface area contributed by atoms with E-state index < -0.39 is 24.0 Å². The molecule has 8 nitrogen and oxygen atoms in total. The van der Waals surface area contributed by atoms with Crippen molar-refractivity contribution in [3.63, 3.8) is 0 Å². The Labute approximate surface area is 217 Å². The fourth-order valence-corrected chi connectivity index (χ4v) is 5.27. The standard InChI is InChI=1S/C28H35FN4O4/c1-33(2,3)15-5-4-6-23-28(37)32-24(27(36)31-23)16-22(25(32)19-9-13-21(34)14-10-19)26(35)30-17-18-7-11-20(29)12-8-18/h7-14,22-25H,4-6,15-17H2,1-3H3,(H2-,30,31,34,35,36)/p+1/t22-,23+,24-,25-/m1/s1. The lowest BCUT2D eigenvalue weighted by Gasteiger charge is -2.38. The van der Waals surface area contributed by atoms with Crippen LogP contribution in [-0.4, -0.2) is 72.0 Å². The highest BCUT2D eigenvalue weighted by Gasteiger charge is 2.54. The van der Waals surface area contributed by atoms with Crippen LogP contribution in [-0.2, 0) is 20.9 Å². The summed E-state index contributed by atoms with van der Waals surface area (Å²) >= 11 is 0. The van der Waals surface area contributed by atoms with Crippen molar-refractivity contribution < 1.29 is 28.4 Å². The molecule has 0 aromatic heterocycles. The zero-order chi connectivity index (χ0) is 26.7. The molecule has 2 aliphatic heterocycles. The summed E-state index contributed by atoms with van der Waals surface area (Å²) in [6.07, 6.45) is 2.47. The molecule has 0 unspecified atom stereocenters. The second-order valence-corrected chi connectivity index (χ2v) is 11.1. The number of halogens is 1. The number of carbonyl (C=O) groups is 3. The number of rotatable bonds is 9. The highest BCUT2D eigenvalue weighted by atomic mass is 19.1. The van der Waals surface area contributed by atoms with Gasteiger partial charge >= 0.3 is 0 Å². The van der Waals surface area contributed by atoms with E-state index in [1.807, 2.05) is 0 Å². The zero-order valence-electron chi connectivity index (χ0n) is 21.6. The van der Waals surface area contributed by atoms with Crippen LogP contribution >= 0.6 is 0 Å². The van der Waals surface area contributed by atoms with Crippen LogP contribution in [0.4, 0.5) is 4.39 Å². The van der Waals surface area contributed by atoms with Crippen LogP contribution in [0.25, 0.3) is 0 Å². The predicted octanol–water partition coefficient (Wildman–Crippen LogP) is 2.48. The molecule has 0 bridgehead atoms. The van der Waals surface area contributed by atoms with Crippen molar-refractivity contribution in [1.29, 1.82) is 0 Å². The monoisotopic (exact) mass is 511 g/mol. The SMILES string of the molecule is C[N+](C)(C)CCCC[C@@H]1NC(=O)[C@H]2C[C@@H](C(=O)NCc3ccc(F)cc3)[C@@H](c3ccc(O)cc3)N2C1=O. The van der Waals surface area contributed by atoms with Crippen molar-refractivity contribution in [2.75, 3.05) is 27.7 Å². The van der Waals surface area contributed by atoms with Crippen LogP contribution in [0.1, 0.15) is 42.9 Å². The maximum atomic E-state index is 13.7. The van der Waals surface area contributed by atoms with Gasteiger partial charge in [-0.3, -0.25) is 14.4 Å². The molecule has 0 spiro atoms. The van der Waals surface area contributed by atoms with Gasteiger partial charge in [0.05, 0.1) is 39.6 Å². The summed E-state index contributed by atoms with van der Waals surface area (Å²) in [6, 6.07) is 10.3. The van der Waals surface area contributed by atoms with E-state index in [0.29, 0.717) is 12.0 Å². The number of nitrogens with one attached hydrogen (secondary N) is 2. The Morgan fingerprint density at radius 1 is 1.08 bits per heavy atom. The summed E-state index contributed by atoms with van der Waals surface area (Å²) in [4.78, 5) is 41.7. The van der Waals surface area contributed by atoms with Crippen LogP contribution in [0.5, 0.6) is 5.75 Å². The van der Waals surface area contributed by atoms with E-state index in [-0.39, 0.29) is 42.3 Å². The number of hydrogen-bond acceptors (Lipinski definition) is 4. The van der Waals surface area contributed by atoms with Gasteiger partial charge in [-0.2, -0.15) is 0 Å². The van der Waals surface area contributed by atoms with Crippen LogP contribution < -0.4 is 10.6 Å². The first kappa shape index (κ1) is 26.6. The second-order valence-electron chi connectivity index (χ2n) is 11.1. The lowest BCUT2D eigenvalue weighted by molar-refractivity contribution is -0.870. The molecule has 9 heteroatoms. The summed E-state index contributed by atoms with van der Waals surface area (Å²) in [7, 11) is 6.35. The number of hydrogen-bond donors (Lipinski definition) is 3. The molecule has 2 aromatic rings. The van der Waals surface area contributed by atoms with E-state index in [9.17, 15) is 23.9 Å². The number of aromatic hydroxyl groups is 1. The fraction of sp³-hybridized carbons (Fsp3) is 0.464. The van der Waals surface area contributed by atoms with Gasteiger partial charge in [-0.05, 0) is 61.1 Å². The third-order valence-electron chi connectivity index (χ3n) is 7.19. The summed E-state index contributed by atoms with van der Waals surface area (Å²) < 4.78 is 14.1. The maximum absolute atomic E-state index is 13.7. The topological polar surface area (TPSA) is 98.7 Å². The summed E-state index contributed by atoms with van der Waals surface area (Å²) in [5.41, 5.74) is 1.43. The number of fused-ring (bicyclic) bond motifs is 1. The van der Waals surface area contributed by atoms with Gasteiger partial charge < -0.3 is 25.1 Å². The van der Waals surface area contributed by atoms with E-state index in [1.165, 1.54) is 24.3 Å². The van der Waals surface area contributed by atoms with Crippen molar-refractivity contribution in [1.82, 2.24) is 15.5 Å². The number of nitrogens with zero attached hydrogens (tertiary/aromatic N) is 2. The number of phenols is 1. The lowest BCUT2D eigenvalue weighted by Crippen LogP contribution is -2.61. The van der Waals surface area contributed by atoms with Gasteiger partial charge in [-0.1, -0.05) is 24.3 Å². The summed E-state index contributed by atoms with van der Waals surface area (Å²) in [5, 5.41) is 15.6. The highest BCUT2D eigenvalue weighted by molar-refractivity contribution is 5.99. The molecular weight excluding hydrogens is 475 g/mol. The van der Waals surface area contributed by atoms with E-state index in [0.717, 1.165) is 29.4 Å². The molecule has 0 saturated carbocycles. The average molecular weight is 512 g/mol. The molecule has 2 fully saturated rings. The fourth-order valence-electron chi connectivity index (χ4n) is 5.27. The van der Waals surface area contributed by atoms with Gasteiger partial charge in [0, 0.05) is 6.54 Å².